The molecule has 0 aromatic heterocycles. The fourth-order valence-corrected chi connectivity index (χ4v) is 3.64. The van der Waals surface area contributed by atoms with Gasteiger partial charge in [0.05, 0.1) is 0 Å². The summed E-state index contributed by atoms with van der Waals surface area (Å²) in [6, 6.07) is 20.3. The first-order chi connectivity index (χ1) is 12.1. The molecule has 0 saturated carbocycles. The number of carbonyl (C=O) groups is 1. The maximum absolute atomic E-state index is 13.1. The van der Waals surface area contributed by atoms with Crippen LogP contribution in [-0.4, -0.2) is 36.6 Å². The van der Waals surface area contributed by atoms with Gasteiger partial charge in [-0.15, -0.1) is 0 Å². The van der Waals surface area contributed by atoms with Gasteiger partial charge in [-0.2, -0.15) is 0 Å². The lowest BCUT2D eigenvalue weighted by Crippen LogP contribution is -2.47. The molecule has 132 valence electrons. The molecule has 3 atom stereocenters. The Hall–Kier alpha value is -2.13. The summed E-state index contributed by atoms with van der Waals surface area (Å²) >= 11 is 0. The summed E-state index contributed by atoms with van der Waals surface area (Å²) < 4.78 is 6.03. The highest BCUT2D eigenvalue weighted by atomic mass is 16.5. The van der Waals surface area contributed by atoms with Gasteiger partial charge in [0.2, 0.25) is 0 Å². The molecule has 0 bridgehead atoms. The van der Waals surface area contributed by atoms with Gasteiger partial charge in [-0.25, -0.2) is 0 Å². The maximum atomic E-state index is 13.1. The lowest BCUT2D eigenvalue weighted by Gasteiger charge is -2.39. The number of likely N-dealkylation sites (tertiary alicyclic amines) is 1. The summed E-state index contributed by atoms with van der Waals surface area (Å²) in [6.07, 6.45) is 0.869. The van der Waals surface area contributed by atoms with E-state index in [9.17, 15) is 4.79 Å². The highest BCUT2D eigenvalue weighted by molar-refractivity contribution is 5.82. The number of carbonyl (C=O) groups excluding carboxylic acids is 1. The average molecular weight is 337 g/mol. The zero-order valence-corrected chi connectivity index (χ0v) is 15.3. The van der Waals surface area contributed by atoms with E-state index in [1.54, 1.807) is 0 Å². The van der Waals surface area contributed by atoms with Crippen LogP contribution < -0.4 is 0 Å². The van der Waals surface area contributed by atoms with E-state index in [0.29, 0.717) is 12.0 Å². The van der Waals surface area contributed by atoms with E-state index in [1.807, 2.05) is 60.7 Å². The molecule has 2 aromatic carbocycles. The maximum Gasteiger partial charge on any atom is 0.318 e. The van der Waals surface area contributed by atoms with Crippen LogP contribution in [0.5, 0.6) is 0 Å². The Bertz CT molecular complexity index is 646. The summed E-state index contributed by atoms with van der Waals surface area (Å²) in [6.45, 7) is 5.32. The molecule has 3 nitrogen and oxygen atoms in total. The largest absolute Gasteiger partial charge is 0.461 e. The van der Waals surface area contributed by atoms with E-state index in [2.05, 4.69) is 25.8 Å². The monoisotopic (exact) mass is 337 g/mol. The normalized spacial score (nSPS) is 24.2. The van der Waals surface area contributed by atoms with E-state index in [1.165, 1.54) is 0 Å². The smallest absolute Gasteiger partial charge is 0.318 e. The van der Waals surface area contributed by atoms with Crippen LogP contribution in [0.3, 0.4) is 0 Å². The Morgan fingerprint density at radius 1 is 1.00 bits per heavy atom. The highest BCUT2D eigenvalue weighted by Crippen LogP contribution is 2.30. The van der Waals surface area contributed by atoms with Crippen molar-refractivity contribution < 1.29 is 9.53 Å². The average Bonchev–Trinajstić information content (AvgIpc) is 2.62. The van der Waals surface area contributed by atoms with Crippen LogP contribution in [0.2, 0.25) is 0 Å². The minimum atomic E-state index is -0.371. The Labute approximate surface area is 150 Å². The Morgan fingerprint density at radius 2 is 1.52 bits per heavy atom. The van der Waals surface area contributed by atoms with Crippen molar-refractivity contribution >= 4 is 5.97 Å². The van der Waals surface area contributed by atoms with Gasteiger partial charge in [0.25, 0.3) is 0 Å². The third-order valence-electron chi connectivity index (χ3n) is 5.31. The highest BCUT2D eigenvalue weighted by Gasteiger charge is 2.34. The van der Waals surface area contributed by atoms with Crippen LogP contribution in [0.1, 0.15) is 37.3 Å². The third kappa shape index (κ3) is 4.10. The lowest BCUT2D eigenvalue weighted by atomic mass is 9.90. The zero-order chi connectivity index (χ0) is 17.8. The Balaban J connectivity index is 1.83. The minimum Gasteiger partial charge on any atom is -0.461 e. The van der Waals surface area contributed by atoms with Gasteiger partial charge in [0.1, 0.15) is 12.0 Å². The third-order valence-corrected chi connectivity index (χ3v) is 5.31. The molecule has 0 unspecified atom stereocenters. The first-order valence-corrected chi connectivity index (χ1v) is 9.07. The molecule has 0 amide bonds. The minimum absolute atomic E-state index is 0.0198. The summed E-state index contributed by atoms with van der Waals surface area (Å²) in [7, 11) is 2.13. The number of rotatable bonds is 4. The van der Waals surface area contributed by atoms with Crippen molar-refractivity contribution in [2.24, 2.45) is 5.92 Å². The van der Waals surface area contributed by atoms with Crippen LogP contribution in [0, 0.1) is 5.92 Å². The zero-order valence-electron chi connectivity index (χ0n) is 15.3. The van der Waals surface area contributed by atoms with Crippen LogP contribution in [-0.2, 0) is 9.53 Å². The predicted molar refractivity (Wildman–Crippen MR) is 100 cm³/mol. The fourth-order valence-electron chi connectivity index (χ4n) is 3.64. The predicted octanol–water partition coefficient (Wildman–Crippen LogP) is 4.09. The van der Waals surface area contributed by atoms with E-state index < -0.39 is 0 Å². The van der Waals surface area contributed by atoms with Gasteiger partial charge in [-0.3, -0.25) is 4.79 Å². The molecule has 3 rings (SSSR count). The molecule has 2 aromatic rings. The second-order valence-electron chi connectivity index (χ2n) is 7.23. The summed E-state index contributed by atoms with van der Waals surface area (Å²) in [5.74, 6) is -0.173. The molecule has 1 aliphatic heterocycles. The molecular formula is C22H27NO2. The topological polar surface area (TPSA) is 29.5 Å². The number of hydrogen-bond donors (Lipinski definition) is 0. The number of ether oxygens (including phenoxy) is 1. The number of benzene rings is 2. The first-order valence-electron chi connectivity index (χ1n) is 9.07. The summed E-state index contributed by atoms with van der Waals surface area (Å²) in [5.41, 5.74) is 1.96. The van der Waals surface area contributed by atoms with E-state index in [-0.39, 0.29) is 18.0 Å². The second kappa shape index (κ2) is 7.83. The molecular weight excluding hydrogens is 310 g/mol. The van der Waals surface area contributed by atoms with Gasteiger partial charge in [-0.05, 0) is 31.5 Å². The van der Waals surface area contributed by atoms with Gasteiger partial charge in [0, 0.05) is 18.5 Å². The molecule has 1 aliphatic rings. The standard InChI is InChI=1S/C22H27NO2/c1-16-15-23(3)17(2)14-20(16)25-22(24)21(18-10-6-4-7-11-18)19-12-8-5-9-13-19/h4-13,16-17,20-21H,14-15H2,1-3H3/t16-,17-,20+/m1/s1. The second-order valence-corrected chi connectivity index (χ2v) is 7.23. The van der Waals surface area contributed by atoms with Crippen molar-refractivity contribution in [3.8, 4) is 0 Å². The molecule has 1 saturated heterocycles. The van der Waals surface area contributed by atoms with Crippen molar-refractivity contribution in [2.45, 2.75) is 38.3 Å². The van der Waals surface area contributed by atoms with Gasteiger partial charge >= 0.3 is 5.97 Å². The molecule has 1 heterocycles. The molecule has 0 N–H and O–H groups in total. The molecule has 0 radical (unpaired) electrons. The van der Waals surface area contributed by atoms with Crippen molar-refractivity contribution in [1.29, 1.82) is 0 Å². The Kier molecular flexibility index (Phi) is 5.54. The van der Waals surface area contributed by atoms with Gasteiger partial charge < -0.3 is 9.64 Å². The lowest BCUT2D eigenvalue weighted by molar-refractivity contribution is -0.156. The molecule has 1 fully saturated rings. The number of piperidine rings is 1. The SMILES string of the molecule is C[C@@H]1CN(C)[C@H](C)C[C@@H]1OC(=O)C(c1ccccc1)c1ccccc1. The van der Waals surface area contributed by atoms with Crippen molar-refractivity contribution in [1.82, 2.24) is 4.90 Å². The fraction of sp³-hybridized carbons (Fsp3) is 0.409. The summed E-state index contributed by atoms with van der Waals surface area (Å²) in [4.78, 5) is 15.4. The van der Waals surface area contributed by atoms with Crippen molar-refractivity contribution in [2.75, 3.05) is 13.6 Å². The van der Waals surface area contributed by atoms with Crippen molar-refractivity contribution in [3.05, 3.63) is 71.8 Å². The van der Waals surface area contributed by atoms with Crippen LogP contribution in [0.4, 0.5) is 0 Å². The first kappa shape index (κ1) is 17.7. The number of esters is 1. The molecule has 0 spiro atoms. The van der Waals surface area contributed by atoms with Gasteiger partial charge in [0.15, 0.2) is 0 Å². The van der Waals surface area contributed by atoms with Crippen molar-refractivity contribution in [3.63, 3.8) is 0 Å². The van der Waals surface area contributed by atoms with E-state index in [0.717, 1.165) is 24.1 Å². The van der Waals surface area contributed by atoms with Crippen LogP contribution in [0.25, 0.3) is 0 Å². The summed E-state index contributed by atoms with van der Waals surface area (Å²) in [5, 5.41) is 0. The van der Waals surface area contributed by atoms with Gasteiger partial charge in [-0.1, -0.05) is 67.6 Å². The Morgan fingerprint density at radius 3 is 2.04 bits per heavy atom. The quantitative estimate of drug-likeness (QED) is 0.787. The van der Waals surface area contributed by atoms with Crippen LogP contribution in [0.15, 0.2) is 60.7 Å². The molecule has 0 aliphatic carbocycles. The van der Waals surface area contributed by atoms with E-state index >= 15 is 0 Å². The molecule has 3 heteroatoms. The number of hydrogen-bond acceptors (Lipinski definition) is 3. The van der Waals surface area contributed by atoms with E-state index in [4.69, 9.17) is 4.74 Å². The number of nitrogens with zero attached hydrogens (tertiary/aromatic N) is 1. The molecule has 25 heavy (non-hydrogen) atoms. The van der Waals surface area contributed by atoms with Crippen LogP contribution >= 0.6 is 0 Å².